The zero-order valence-electron chi connectivity index (χ0n) is 10.1. The molecule has 0 atom stereocenters. The Balaban J connectivity index is 2.30. The predicted octanol–water partition coefficient (Wildman–Crippen LogP) is 7.38. The largest absolute Gasteiger partial charge is 0.326 e. The van der Waals surface area contributed by atoms with E-state index in [4.69, 9.17) is 58.0 Å². The lowest BCUT2D eigenvalue weighted by Gasteiger charge is -2.13. The number of hydrogen-bond donors (Lipinski definition) is 1. The summed E-state index contributed by atoms with van der Waals surface area (Å²) in [6.45, 7) is 2.01. The van der Waals surface area contributed by atoms with Crippen LogP contribution >= 0.6 is 70.0 Å². The topological polar surface area (TPSA) is 12.0 Å². The third-order valence-corrected chi connectivity index (χ3v) is 5.91. The van der Waals surface area contributed by atoms with Crippen LogP contribution in [0.4, 0.5) is 5.69 Å². The molecule has 0 unspecified atom stereocenters. The summed E-state index contributed by atoms with van der Waals surface area (Å²) in [6, 6.07) is 7.88. The number of halogens is 5. The van der Waals surface area contributed by atoms with Crippen molar-refractivity contribution in [3.05, 3.63) is 54.9 Å². The van der Waals surface area contributed by atoms with Crippen LogP contribution in [0.15, 0.2) is 29.2 Å². The summed E-state index contributed by atoms with van der Waals surface area (Å²) in [5, 5.41) is 1.09. The molecule has 0 radical (unpaired) electrons. The molecule has 0 saturated heterocycles. The fourth-order valence-electron chi connectivity index (χ4n) is 1.49. The van der Waals surface area contributed by atoms with Crippen molar-refractivity contribution in [2.75, 3.05) is 4.72 Å². The second-order valence-corrected chi connectivity index (χ2v) is 6.68. The van der Waals surface area contributed by atoms with Crippen molar-refractivity contribution >= 4 is 75.6 Å². The van der Waals surface area contributed by atoms with E-state index < -0.39 is 0 Å². The van der Waals surface area contributed by atoms with Gasteiger partial charge in [0.2, 0.25) is 0 Å². The van der Waals surface area contributed by atoms with E-state index in [1.54, 1.807) is 0 Å². The number of rotatable bonds is 3. The fourth-order valence-corrected chi connectivity index (χ4v) is 3.70. The lowest BCUT2D eigenvalue weighted by Crippen LogP contribution is -1.90. The van der Waals surface area contributed by atoms with Gasteiger partial charge in [-0.1, -0.05) is 70.1 Å². The first-order chi connectivity index (χ1) is 9.41. The van der Waals surface area contributed by atoms with Gasteiger partial charge in [-0.3, -0.25) is 0 Å². The molecule has 0 aliphatic carbocycles. The molecule has 0 heterocycles. The van der Waals surface area contributed by atoms with E-state index >= 15 is 0 Å². The maximum Gasteiger partial charge on any atom is 0.0809 e. The minimum Gasteiger partial charge on any atom is -0.326 e. The summed E-state index contributed by atoms with van der Waals surface area (Å²) < 4.78 is 3.14. The minimum absolute atomic E-state index is 0.156. The lowest BCUT2D eigenvalue weighted by atomic mass is 10.2. The van der Waals surface area contributed by atoms with Crippen molar-refractivity contribution in [3.8, 4) is 0 Å². The van der Waals surface area contributed by atoms with Gasteiger partial charge in [0, 0.05) is 5.69 Å². The minimum atomic E-state index is 0.156. The van der Waals surface area contributed by atoms with Crippen LogP contribution in [0, 0.1) is 6.92 Å². The van der Waals surface area contributed by atoms with E-state index in [-0.39, 0.29) is 25.1 Å². The summed E-state index contributed by atoms with van der Waals surface area (Å²) in [6.07, 6.45) is 0. The molecule has 0 bridgehead atoms. The van der Waals surface area contributed by atoms with Crippen molar-refractivity contribution in [1.29, 1.82) is 0 Å². The number of aryl methyl sites for hydroxylation is 1. The first-order valence-corrected chi connectivity index (χ1v) is 8.13. The van der Waals surface area contributed by atoms with Gasteiger partial charge in [0.1, 0.15) is 0 Å². The zero-order valence-corrected chi connectivity index (χ0v) is 14.7. The van der Waals surface area contributed by atoms with Crippen LogP contribution in [0.1, 0.15) is 5.56 Å². The van der Waals surface area contributed by atoms with Crippen molar-refractivity contribution in [3.63, 3.8) is 0 Å². The molecule has 0 spiro atoms. The van der Waals surface area contributed by atoms with Crippen LogP contribution in [0.5, 0.6) is 0 Å². The van der Waals surface area contributed by atoms with Gasteiger partial charge in [0.25, 0.3) is 0 Å². The number of nitrogens with one attached hydrogen (secondary N) is 1. The van der Waals surface area contributed by atoms with Gasteiger partial charge in [-0.15, -0.1) is 0 Å². The highest BCUT2D eigenvalue weighted by Crippen LogP contribution is 2.47. The van der Waals surface area contributed by atoms with Crippen LogP contribution in [0.2, 0.25) is 25.1 Å². The zero-order chi connectivity index (χ0) is 14.9. The molecule has 106 valence electrons. The molecule has 20 heavy (non-hydrogen) atoms. The molecule has 0 amide bonds. The predicted molar refractivity (Wildman–Crippen MR) is 92.2 cm³/mol. The SMILES string of the molecule is Cc1cccc(NSc2c(Cl)c(Cl)c(Cl)c(Cl)c2Cl)c1. The summed E-state index contributed by atoms with van der Waals surface area (Å²) >= 11 is 31.5. The van der Waals surface area contributed by atoms with Gasteiger partial charge in [-0.25, -0.2) is 0 Å². The summed E-state index contributed by atoms with van der Waals surface area (Å²) in [5.74, 6) is 0. The number of anilines is 1. The molecule has 1 nitrogen and oxygen atoms in total. The maximum atomic E-state index is 6.15. The van der Waals surface area contributed by atoms with Crippen molar-refractivity contribution in [1.82, 2.24) is 0 Å². The number of hydrogen-bond acceptors (Lipinski definition) is 2. The monoisotopic (exact) mass is 385 g/mol. The molecule has 7 heteroatoms. The van der Waals surface area contributed by atoms with Crippen LogP contribution in [0.25, 0.3) is 0 Å². The normalized spacial score (nSPS) is 10.7. The second-order valence-electron chi connectivity index (χ2n) is 3.97. The van der Waals surface area contributed by atoms with Crippen LogP contribution in [0.3, 0.4) is 0 Å². The highest BCUT2D eigenvalue weighted by atomic mass is 35.5. The average Bonchev–Trinajstić information content (AvgIpc) is 2.43. The Morgan fingerprint density at radius 3 is 1.95 bits per heavy atom. The van der Waals surface area contributed by atoms with E-state index in [9.17, 15) is 0 Å². The molecular weight excluding hydrogens is 379 g/mol. The summed E-state index contributed by atoms with van der Waals surface area (Å²) in [5.41, 5.74) is 2.06. The van der Waals surface area contributed by atoms with Crippen molar-refractivity contribution < 1.29 is 0 Å². The van der Waals surface area contributed by atoms with Crippen LogP contribution in [-0.2, 0) is 0 Å². The summed E-state index contributed by atoms with van der Waals surface area (Å²) in [4.78, 5) is 0.536. The smallest absolute Gasteiger partial charge is 0.0809 e. The van der Waals surface area contributed by atoms with Gasteiger partial charge in [-0.05, 0) is 36.6 Å². The Kier molecular flexibility index (Phi) is 5.63. The standard InChI is InChI=1S/C13H8Cl5NS/c1-6-3-2-4-7(5-6)19-20-13-11(17)9(15)8(14)10(16)12(13)18/h2-5,19H,1H3. The van der Waals surface area contributed by atoms with E-state index in [1.165, 1.54) is 11.9 Å². The first-order valence-electron chi connectivity index (χ1n) is 5.42. The highest BCUT2D eigenvalue weighted by molar-refractivity contribution is 8.00. The number of benzene rings is 2. The summed E-state index contributed by atoms with van der Waals surface area (Å²) in [7, 11) is 0. The Bertz CT molecular complexity index is 630. The molecule has 1 N–H and O–H groups in total. The van der Waals surface area contributed by atoms with Gasteiger partial charge >= 0.3 is 0 Å². The van der Waals surface area contributed by atoms with E-state index in [0.717, 1.165) is 11.3 Å². The van der Waals surface area contributed by atoms with Gasteiger partial charge in [0.15, 0.2) is 0 Å². The molecule has 0 fully saturated rings. The molecular formula is C13H8Cl5NS. The third-order valence-electron chi connectivity index (χ3n) is 2.46. The Morgan fingerprint density at radius 1 is 0.850 bits per heavy atom. The highest BCUT2D eigenvalue weighted by Gasteiger charge is 2.19. The molecule has 2 aromatic carbocycles. The Morgan fingerprint density at radius 2 is 1.40 bits per heavy atom. The maximum absolute atomic E-state index is 6.15. The van der Waals surface area contributed by atoms with Gasteiger partial charge < -0.3 is 4.72 Å². The average molecular weight is 388 g/mol. The van der Waals surface area contributed by atoms with E-state index in [1.807, 2.05) is 31.2 Å². The fraction of sp³-hybridized carbons (Fsp3) is 0.0769. The molecule has 2 aromatic rings. The molecule has 0 aliphatic rings. The molecule has 2 rings (SSSR count). The molecule has 0 aromatic heterocycles. The van der Waals surface area contributed by atoms with Crippen molar-refractivity contribution in [2.45, 2.75) is 11.8 Å². The molecule has 0 saturated carbocycles. The van der Waals surface area contributed by atoms with Crippen molar-refractivity contribution in [2.24, 2.45) is 0 Å². The van der Waals surface area contributed by atoms with Gasteiger partial charge in [0.05, 0.1) is 30.0 Å². The van der Waals surface area contributed by atoms with Gasteiger partial charge in [-0.2, -0.15) is 0 Å². The van der Waals surface area contributed by atoms with E-state index in [0.29, 0.717) is 4.90 Å². The first kappa shape index (κ1) is 16.4. The molecule has 0 aliphatic heterocycles. The quantitative estimate of drug-likeness (QED) is 0.335. The van der Waals surface area contributed by atoms with Crippen LogP contribution < -0.4 is 4.72 Å². The third kappa shape index (κ3) is 3.44. The lowest BCUT2D eigenvalue weighted by molar-refractivity contribution is 1.45. The second kappa shape index (κ2) is 6.87. The Hall–Kier alpha value is 0.0400. The Labute approximate surface area is 146 Å². The van der Waals surface area contributed by atoms with Crippen LogP contribution in [-0.4, -0.2) is 0 Å². The van der Waals surface area contributed by atoms with E-state index in [2.05, 4.69) is 4.72 Å².